The molecule has 2 aliphatic heterocycles. The van der Waals surface area contributed by atoms with E-state index < -0.39 is 6.04 Å². The number of benzene rings is 3. The zero-order chi connectivity index (χ0) is 25.1. The Hall–Kier alpha value is -4.13. The van der Waals surface area contributed by atoms with Gasteiger partial charge in [0.1, 0.15) is 11.8 Å². The molecule has 184 valence electrons. The second-order valence-corrected chi connectivity index (χ2v) is 9.06. The molecular weight excluding hydrogens is 454 g/mol. The highest BCUT2D eigenvalue weighted by molar-refractivity contribution is 6.11. The van der Waals surface area contributed by atoms with Gasteiger partial charge < -0.3 is 19.9 Å². The maximum absolute atomic E-state index is 13.5. The van der Waals surface area contributed by atoms with Crippen LogP contribution >= 0.6 is 0 Å². The van der Waals surface area contributed by atoms with E-state index in [2.05, 4.69) is 5.32 Å². The standard InChI is InChI=1S/C29H29N3O4/c1-2-36-23-11-6-8-20(17-23)18-30-27(33)22-10-5-9-21(16-22)19-32-25-13-4-3-12-24(25)28(34)31-15-7-14-26(31)29(32)35/h3-6,8-13,16-17,26H,2,7,14-15,18-19H2,1H3,(H,30,33)/t26-/m0/s1. The zero-order valence-electron chi connectivity index (χ0n) is 20.3. The lowest BCUT2D eigenvalue weighted by Gasteiger charge is -2.26. The minimum Gasteiger partial charge on any atom is -0.494 e. The summed E-state index contributed by atoms with van der Waals surface area (Å²) in [4.78, 5) is 43.0. The number of carbonyl (C=O) groups is 3. The number of carbonyl (C=O) groups excluding carboxylic acids is 3. The van der Waals surface area contributed by atoms with Crippen molar-refractivity contribution in [2.45, 2.75) is 38.9 Å². The Morgan fingerprint density at radius 2 is 1.81 bits per heavy atom. The fraction of sp³-hybridized carbons (Fsp3) is 0.276. The quantitative estimate of drug-likeness (QED) is 0.547. The molecule has 1 N–H and O–H groups in total. The van der Waals surface area contributed by atoms with Crippen molar-refractivity contribution in [3.63, 3.8) is 0 Å². The van der Waals surface area contributed by atoms with Gasteiger partial charge in [0.15, 0.2) is 0 Å². The van der Waals surface area contributed by atoms with E-state index in [1.54, 1.807) is 28.0 Å². The molecule has 5 rings (SSSR count). The topological polar surface area (TPSA) is 79.0 Å². The van der Waals surface area contributed by atoms with E-state index in [4.69, 9.17) is 4.74 Å². The van der Waals surface area contributed by atoms with Crippen molar-refractivity contribution in [3.8, 4) is 5.75 Å². The van der Waals surface area contributed by atoms with Gasteiger partial charge in [-0.2, -0.15) is 0 Å². The van der Waals surface area contributed by atoms with Crippen molar-refractivity contribution < 1.29 is 19.1 Å². The number of amides is 3. The smallest absolute Gasteiger partial charge is 0.256 e. The van der Waals surface area contributed by atoms with Crippen LogP contribution in [-0.2, 0) is 17.9 Å². The molecule has 0 aliphatic carbocycles. The fourth-order valence-electron chi connectivity index (χ4n) is 4.96. The van der Waals surface area contributed by atoms with Gasteiger partial charge in [-0.15, -0.1) is 0 Å². The van der Waals surface area contributed by atoms with Crippen LogP contribution in [0, 0.1) is 0 Å². The molecule has 2 aliphatic rings. The van der Waals surface area contributed by atoms with Gasteiger partial charge in [0.05, 0.1) is 24.4 Å². The Kier molecular flexibility index (Phi) is 6.71. The summed E-state index contributed by atoms with van der Waals surface area (Å²) in [6.45, 7) is 3.77. The number of nitrogens with one attached hydrogen (secondary N) is 1. The van der Waals surface area contributed by atoms with E-state index in [0.717, 1.165) is 23.3 Å². The van der Waals surface area contributed by atoms with Gasteiger partial charge in [-0.3, -0.25) is 14.4 Å². The molecule has 1 fully saturated rings. The number of anilines is 1. The lowest BCUT2D eigenvalue weighted by atomic mass is 10.1. The summed E-state index contributed by atoms with van der Waals surface area (Å²) < 4.78 is 5.53. The largest absolute Gasteiger partial charge is 0.494 e. The van der Waals surface area contributed by atoms with Crippen LogP contribution in [0.2, 0.25) is 0 Å². The van der Waals surface area contributed by atoms with Crippen molar-refractivity contribution >= 4 is 23.4 Å². The number of hydrogen-bond donors (Lipinski definition) is 1. The minimum absolute atomic E-state index is 0.0742. The molecule has 3 aromatic carbocycles. The second-order valence-electron chi connectivity index (χ2n) is 9.06. The molecule has 3 amide bonds. The highest BCUT2D eigenvalue weighted by Gasteiger charge is 2.41. The van der Waals surface area contributed by atoms with Crippen LogP contribution in [0.4, 0.5) is 5.69 Å². The van der Waals surface area contributed by atoms with Crippen molar-refractivity contribution in [3.05, 3.63) is 95.1 Å². The van der Waals surface area contributed by atoms with Gasteiger partial charge in [-0.25, -0.2) is 0 Å². The first-order valence-electron chi connectivity index (χ1n) is 12.4. The number of para-hydroxylation sites is 1. The zero-order valence-corrected chi connectivity index (χ0v) is 20.3. The molecule has 0 bridgehead atoms. The Balaban J connectivity index is 1.34. The third-order valence-corrected chi connectivity index (χ3v) is 6.68. The summed E-state index contributed by atoms with van der Waals surface area (Å²) in [5.74, 6) is 0.409. The van der Waals surface area contributed by atoms with Crippen LogP contribution in [0.3, 0.4) is 0 Å². The van der Waals surface area contributed by atoms with Gasteiger partial charge in [0, 0.05) is 18.7 Å². The van der Waals surface area contributed by atoms with Crippen LogP contribution in [0.5, 0.6) is 5.75 Å². The van der Waals surface area contributed by atoms with Crippen molar-refractivity contribution in [2.24, 2.45) is 0 Å². The van der Waals surface area contributed by atoms with E-state index in [1.165, 1.54) is 0 Å². The second kappa shape index (κ2) is 10.2. The van der Waals surface area contributed by atoms with Gasteiger partial charge in [-0.05, 0) is 67.3 Å². The summed E-state index contributed by atoms with van der Waals surface area (Å²) in [7, 11) is 0. The van der Waals surface area contributed by atoms with Gasteiger partial charge >= 0.3 is 0 Å². The molecule has 0 saturated carbocycles. The molecule has 36 heavy (non-hydrogen) atoms. The van der Waals surface area contributed by atoms with Crippen molar-refractivity contribution in [2.75, 3.05) is 18.1 Å². The van der Waals surface area contributed by atoms with E-state index >= 15 is 0 Å². The maximum Gasteiger partial charge on any atom is 0.256 e. The average Bonchev–Trinajstić information content (AvgIpc) is 3.38. The first kappa shape index (κ1) is 23.6. The predicted molar refractivity (Wildman–Crippen MR) is 137 cm³/mol. The normalized spacial score (nSPS) is 16.9. The van der Waals surface area contributed by atoms with Crippen LogP contribution in [0.25, 0.3) is 0 Å². The number of rotatable bonds is 7. The molecule has 7 nitrogen and oxygen atoms in total. The van der Waals surface area contributed by atoms with Crippen LogP contribution in [0.15, 0.2) is 72.8 Å². The minimum atomic E-state index is -0.441. The average molecular weight is 484 g/mol. The molecule has 3 aromatic rings. The Morgan fingerprint density at radius 1 is 1.00 bits per heavy atom. The maximum atomic E-state index is 13.5. The predicted octanol–water partition coefficient (Wildman–Crippen LogP) is 4.17. The fourth-order valence-corrected chi connectivity index (χ4v) is 4.96. The molecular formula is C29H29N3O4. The molecule has 0 spiro atoms. The first-order chi connectivity index (χ1) is 17.5. The molecule has 1 saturated heterocycles. The molecule has 0 radical (unpaired) electrons. The Labute approximate surface area is 210 Å². The van der Waals surface area contributed by atoms with E-state index in [9.17, 15) is 14.4 Å². The summed E-state index contributed by atoms with van der Waals surface area (Å²) >= 11 is 0. The van der Waals surface area contributed by atoms with E-state index in [0.29, 0.717) is 42.9 Å². The lowest BCUT2D eigenvalue weighted by Crippen LogP contribution is -2.44. The van der Waals surface area contributed by atoms with Crippen LogP contribution in [0.1, 0.15) is 51.6 Å². The molecule has 1 atom stereocenters. The van der Waals surface area contributed by atoms with Gasteiger partial charge in [-0.1, -0.05) is 36.4 Å². The summed E-state index contributed by atoms with van der Waals surface area (Å²) in [6, 6.07) is 21.8. The number of fused-ring (bicyclic) bond motifs is 2. The van der Waals surface area contributed by atoms with E-state index in [-0.39, 0.29) is 24.3 Å². The number of ether oxygens (including phenoxy) is 1. The third kappa shape index (κ3) is 4.69. The van der Waals surface area contributed by atoms with Gasteiger partial charge in [0.2, 0.25) is 5.91 Å². The number of hydrogen-bond acceptors (Lipinski definition) is 4. The first-order valence-corrected chi connectivity index (χ1v) is 12.4. The third-order valence-electron chi connectivity index (χ3n) is 6.68. The SMILES string of the molecule is CCOc1cccc(CNC(=O)c2cccc(CN3C(=O)[C@@H]4CCCN4C(=O)c4ccccc43)c2)c1. The highest BCUT2D eigenvalue weighted by atomic mass is 16.5. The molecule has 7 heteroatoms. The summed E-state index contributed by atoms with van der Waals surface area (Å²) in [5, 5.41) is 2.96. The van der Waals surface area contributed by atoms with Crippen LogP contribution < -0.4 is 15.0 Å². The highest BCUT2D eigenvalue weighted by Crippen LogP contribution is 2.33. The number of nitrogens with zero attached hydrogens (tertiary/aromatic N) is 2. The van der Waals surface area contributed by atoms with Gasteiger partial charge in [0.25, 0.3) is 11.8 Å². The summed E-state index contributed by atoms with van der Waals surface area (Å²) in [6.07, 6.45) is 1.49. The van der Waals surface area contributed by atoms with E-state index in [1.807, 2.05) is 61.5 Å². The lowest BCUT2D eigenvalue weighted by molar-refractivity contribution is -0.122. The van der Waals surface area contributed by atoms with Crippen molar-refractivity contribution in [1.82, 2.24) is 10.2 Å². The molecule has 2 heterocycles. The Morgan fingerprint density at radius 3 is 2.67 bits per heavy atom. The molecule has 0 aromatic heterocycles. The van der Waals surface area contributed by atoms with Crippen molar-refractivity contribution in [1.29, 1.82) is 0 Å². The monoisotopic (exact) mass is 483 g/mol. The van der Waals surface area contributed by atoms with Crippen LogP contribution in [-0.4, -0.2) is 41.8 Å². The molecule has 0 unspecified atom stereocenters. The summed E-state index contributed by atoms with van der Waals surface area (Å²) in [5.41, 5.74) is 3.44. The Bertz CT molecular complexity index is 1300.